The maximum Gasteiger partial charge on any atom is 0.316 e. The van der Waals surface area contributed by atoms with E-state index in [1.54, 1.807) is 11.3 Å². The molecule has 2 aromatic heterocycles. The molecule has 2 rings (SSSR count). The van der Waals surface area contributed by atoms with Crippen molar-refractivity contribution in [3.8, 4) is 0 Å². The van der Waals surface area contributed by atoms with E-state index in [9.17, 15) is 0 Å². The van der Waals surface area contributed by atoms with Gasteiger partial charge in [-0.3, -0.25) is 0 Å². The first-order valence-corrected chi connectivity index (χ1v) is 6.89. The summed E-state index contributed by atoms with van der Waals surface area (Å²) >= 11 is 1.71. The SMILES string of the molecule is CC(C)NCc1nnc(NC(C)c2cccs2)o1. The molecule has 0 aliphatic heterocycles. The molecule has 0 saturated carbocycles. The van der Waals surface area contributed by atoms with Crippen LogP contribution < -0.4 is 10.6 Å². The quantitative estimate of drug-likeness (QED) is 0.841. The third kappa shape index (κ3) is 3.54. The maximum absolute atomic E-state index is 5.51. The van der Waals surface area contributed by atoms with Crippen molar-refractivity contribution >= 4 is 17.4 Å². The summed E-state index contributed by atoms with van der Waals surface area (Å²) < 4.78 is 5.51. The average Bonchev–Trinajstić information content (AvgIpc) is 2.97. The van der Waals surface area contributed by atoms with Crippen LogP contribution >= 0.6 is 11.3 Å². The number of rotatable bonds is 6. The lowest BCUT2D eigenvalue weighted by Gasteiger charge is -2.08. The van der Waals surface area contributed by atoms with Gasteiger partial charge in [0.2, 0.25) is 5.89 Å². The Hall–Kier alpha value is -1.40. The van der Waals surface area contributed by atoms with Crippen LogP contribution in [0.25, 0.3) is 0 Å². The topological polar surface area (TPSA) is 63.0 Å². The molecule has 0 bridgehead atoms. The molecule has 0 spiro atoms. The number of aromatic nitrogens is 2. The van der Waals surface area contributed by atoms with Crippen LogP contribution in [-0.4, -0.2) is 16.2 Å². The summed E-state index contributed by atoms with van der Waals surface area (Å²) in [5, 5.41) is 16.4. The van der Waals surface area contributed by atoms with Crippen LogP contribution in [0.5, 0.6) is 0 Å². The van der Waals surface area contributed by atoms with Crippen LogP contribution in [0, 0.1) is 0 Å². The van der Waals surface area contributed by atoms with Gasteiger partial charge in [0.25, 0.3) is 0 Å². The van der Waals surface area contributed by atoms with E-state index in [1.807, 2.05) is 6.07 Å². The molecule has 0 amide bonds. The van der Waals surface area contributed by atoms with Gasteiger partial charge >= 0.3 is 6.01 Å². The first kappa shape index (κ1) is 13.0. The van der Waals surface area contributed by atoms with E-state index in [4.69, 9.17) is 4.42 Å². The molecule has 0 aliphatic rings. The molecular formula is C12H18N4OS. The van der Waals surface area contributed by atoms with E-state index >= 15 is 0 Å². The zero-order valence-corrected chi connectivity index (χ0v) is 11.6. The summed E-state index contributed by atoms with van der Waals surface area (Å²) in [6, 6.07) is 5.16. The van der Waals surface area contributed by atoms with E-state index in [1.165, 1.54) is 4.88 Å². The number of nitrogens with zero attached hydrogens (tertiary/aromatic N) is 2. The smallest absolute Gasteiger partial charge is 0.316 e. The van der Waals surface area contributed by atoms with Gasteiger partial charge in [0.05, 0.1) is 12.6 Å². The van der Waals surface area contributed by atoms with Crippen LogP contribution in [0.2, 0.25) is 0 Å². The van der Waals surface area contributed by atoms with Crippen molar-refractivity contribution in [3.63, 3.8) is 0 Å². The second kappa shape index (κ2) is 5.97. The van der Waals surface area contributed by atoms with Gasteiger partial charge in [-0.25, -0.2) is 0 Å². The zero-order chi connectivity index (χ0) is 13.0. The fraction of sp³-hybridized carbons (Fsp3) is 0.500. The third-order valence-electron chi connectivity index (χ3n) is 2.44. The van der Waals surface area contributed by atoms with Crippen molar-refractivity contribution in [2.24, 2.45) is 0 Å². The Balaban J connectivity index is 1.90. The van der Waals surface area contributed by atoms with Crippen LogP contribution in [0.4, 0.5) is 6.01 Å². The monoisotopic (exact) mass is 266 g/mol. The molecule has 6 heteroatoms. The molecule has 1 atom stereocenters. The Morgan fingerprint density at radius 1 is 1.33 bits per heavy atom. The van der Waals surface area contributed by atoms with Crippen molar-refractivity contribution in [1.29, 1.82) is 0 Å². The summed E-state index contributed by atoms with van der Waals surface area (Å²) in [7, 11) is 0. The Morgan fingerprint density at radius 2 is 2.17 bits per heavy atom. The molecule has 2 heterocycles. The fourth-order valence-corrected chi connectivity index (χ4v) is 2.20. The summed E-state index contributed by atoms with van der Waals surface area (Å²) in [6.45, 7) is 6.82. The minimum Gasteiger partial charge on any atom is -0.407 e. The average molecular weight is 266 g/mol. The number of hydrogen-bond acceptors (Lipinski definition) is 6. The Morgan fingerprint density at radius 3 is 2.83 bits per heavy atom. The lowest BCUT2D eigenvalue weighted by Crippen LogP contribution is -2.21. The lowest BCUT2D eigenvalue weighted by molar-refractivity contribution is 0.456. The second-order valence-electron chi connectivity index (χ2n) is 4.42. The van der Waals surface area contributed by atoms with Crippen molar-refractivity contribution < 1.29 is 4.42 Å². The highest BCUT2D eigenvalue weighted by Crippen LogP contribution is 2.22. The summed E-state index contributed by atoms with van der Waals surface area (Å²) in [5.41, 5.74) is 0. The van der Waals surface area contributed by atoms with Crippen molar-refractivity contribution in [2.45, 2.75) is 39.4 Å². The Bertz CT molecular complexity index is 466. The van der Waals surface area contributed by atoms with E-state index in [2.05, 4.69) is 53.0 Å². The minimum absolute atomic E-state index is 0.177. The predicted octanol–water partition coefficient (Wildman–Crippen LogP) is 2.80. The molecule has 0 fully saturated rings. The highest BCUT2D eigenvalue weighted by molar-refractivity contribution is 7.10. The molecule has 18 heavy (non-hydrogen) atoms. The second-order valence-corrected chi connectivity index (χ2v) is 5.40. The van der Waals surface area contributed by atoms with Gasteiger partial charge < -0.3 is 15.1 Å². The summed E-state index contributed by atoms with van der Waals surface area (Å²) in [4.78, 5) is 1.25. The van der Waals surface area contributed by atoms with Gasteiger partial charge in [-0.2, -0.15) is 0 Å². The van der Waals surface area contributed by atoms with Crippen LogP contribution in [-0.2, 0) is 6.54 Å². The zero-order valence-electron chi connectivity index (χ0n) is 10.8. The van der Waals surface area contributed by atoms with Gasteiger partial charge in [-0.05, 0) is 18.4 Å². The van der Waals surface area contributed by atoms with Crippen LogP contribution in [0.1, 0.15) is 37.6 Å². The Kier molecular flexibility index (Phi) is 4.33. The molecule has 0 aliphatic carbocycles. The summed E-state index contributed by atoms with van der Waals surface area (Å²) in [6.07, 6.45) is 0. The highest BCUT2D eigenvalue weighted by Gasteiger charge is 2.11. The van der Waals surface area contributed by atoms with E-state index in [-0.39, 0.29) is 6.04 Å². The molecule has 5 nitrogen and oxygen atoms in total. The summed E-state index contributed by atoms with van der Waals surface area (Å²) in [5.74, 6) is 0.601. The van der Waals surface area contributed by atoms with Crippen LogP contribution in [0.3, 0.4) is 0 Å². The van der Waals surface area contributed by atoms with Gasteiger partial charge in [-0.1, -0.05) is 25.0 Å². The minimum atomic E-state index is 0.177. The number of anilines is 1. The number of thiophene rings is 1. The normalized spacial score (nSPS) is 12.9. The van der Waals surface area contributed by atoms with Gasteiger partial charge in [0.1, 0.15) is 0 Å². The number of hydrogen-bond donors (Lipinski definition) is 2. The molecule has 0 radical (unpaired) electrons. The fourth-order valence-electron chi connectivity index (χ4n) is 1.47. The molecule has 0 aromatic carbocycles. The molecule has 1 unspecified atom stereocenters. The van der Waals surface area contributed by atoms with Gasteiger partial charge in [0, 0.05) is 10.9 Å². The van der Waals surface area contributed by atoms with E-state index in [0.717, 1.165) is 0 Å². The predicted molar refractivity (Wildman–Crippen MR) is 72.6 cm³/mol. The van der Waals surface area contributed by atoms with Gasteiger partial charge in [-0.15, -0.1) is 16.4 Å². The molecule has 0 saturated heterocycles. The molecule has 98 valence electrons. The van der Waals surface area contributed by atoms with Crippen molar-refractivity contribution in [1.82, 2.24) is 15.5 Å². The maximum atomic E-state index is 5.51. The van der Waals surface area contributed by atoms with Crippen LogP contribution in [0.15, 0.2) is 21.9 Å². The first-order chi connectivity index (χ1) is 8.65. The first-order valence-electron chi connectivity index (χ1n) is 6.01. The largest absolute Gasteiger partial charge is 0.407 e. The van der Waals surface area contributed by atoms with Crippen molar-refractivity contribution in [2.75, 3.05) is 5.32 Å². The standard InChI is InChI=1S/C12H18N4OS/c1-8(2)13-7-11-15-16-12(17-11)14-9(3)10-5-4-6-18-10/h4-6,8-9,13H,7H2,1-3H3,(H,14,16). The highest BCUT2D eigenvalue weighted by atomic mass is 32.1. The van der Waals surface area contributed by atoms with E-state index < -0.39 is 0 Å². The molecular weight excluding hydrogens is 248 g/mol. The Labute approximate surface area is 111 Å². The van der Waals surface area contributed by atoms with Crippen molar-refractivity contribution in [3.05, 3.63) is 28.3 Å². The van der Waals surface area contributed by atoms with E-state index in [0.29, 0.717) is 24.5 Å². The molecule has 2 aromatic rings. The number of nitrogens with one attached hydrogen (secondary N) is 2. The molecule has 2 N–H and O–H groups in total. The van der Waals surface area contributed by atoms with Gasteiger partial charge in [0.15, 0.2) is 0 Å². The lowest BCUT2D eigenvalue weighted by atomic mass is 10.3. The third-order valence-corrected chi connectivity index (χ3v) is 3.49.